The van der Waals surface area contributed by atoms with Crippen molar-refractivity contribution >= 4 is 29.3 Å². The third-order valence-corrected chi connectivity index (χ3v) is 5.95. The molecule has 0 spiro atoms. The number of nitrogens with one attached hydrogen (secondary N) is 1. The third-order valence-electron chi connectivity index (χ3n) is 4.77. The van der Waals surface area contributed by atoms with Gasteiger partial charge in [0.05, 0.1) is 12.9 Å². The van der Waals surface area contributed by atoms with E-state index in [9.17, 15) is 4.79 Å². The van der Waals surface area contributed by atoms with Crippen molar-refractivity contribution < 1.29 is 9.53 Å². The van der Waals surface area contributed by atoms with Crippen LogP contribution in [0.25, 0.3) is 17.1 Å². The Balaban J connectivity index is 1.92. The zero-order valence-electron chi connectivity index (χ0n) is 17.4. The minimum atomic E-state index is -0.0326. The van der Waals surface area contributed by atoms with Crippen LogP contribution in [0.1, 0.15) is 20.8 Å². The Morgan fingerprint density at radius 1 is 1.17 bits per heavy atom. The van der Waals surface area contributed by atoms with E-state index < -0.39 is 0 Å². The van der Waals surface area contributed by atoms with Crippen LogP contribution in [0.2, 0.25) is 5.02 Å². The Labute approximate surface area is 186 Å². The molecule has 1 amide bonds. The molecule has 0 fully saturated rings. The van der Waals surface area contributed by atoms with Crippen LogP contribution in [0.5, 0.6) is 5.75 Å². The maximum Gasteiger partial charge on any atom is 0.230 e. The first-order chi connectivity index (χ1) is 14.4. The average Bonchev–Trinajstić information content (AvgIpc) is 3.16. The fourth-order valence-corrected chi connectivity index (χ4v) is 3.62. The molecule has 0 radical (unpaired) electrons. The number of carbonyl (C=O) groups excluding carboxylic acids is 1. The summed E-state index contributed by atoms with van der Waals surface area (Å²) in [6, 6.07) is 15.2. The molecule has 1 aromatic heterocycles. The highest BCUT2D eigenvalue weighted by atomic mass is 35.5. The number of hydrogen-bond acceptors (Lipinski definition) is 5. The van der Waals surface area contributed by atoms with E-state index in [1.165, 1.54) is 11.8 Å². The molecular formula is C22H25ClN4O2S. The molecule has 0 aliphatic heterocycles. The van der Waals surface area contributed by atoms with Crippen LogP contribution in [0.3, 0.4) is 0 Å². The minimum absolute atomic E-state index is 0.0326. The van der Waals surface area contributed by atoms with Crippen LogP contribution >= 0.6 is 23.4 Å². The SMILES string of the molecule is COc1cccc(-c2nnc(SCC(=O)NC(C)C(C)C)n2-c2ccc(Cl)cc2)c1. The van der Waals surface area contributed by atoms with E-state index in [0.29, 0.717) is 21.9 Å². The van der Waals surface area contributed by atoms with E-state index in [2.05, 4.69) is 29.4 Å². The van der Waals surface area contributed by atoms with Gasteiger partial charge in [-0.2, -0.15) is 0 Å². The Bertz CT molecular complexity index is 1000. The van der Waals surface area contributed by atoms with Gasteiger partial charge in [-0.1, -0.05) is 49.3 Å². The topological polar surface area (TPSA) is 69.0 Å². The van der Waals surface area contributed by atoms with Crippen LogP contribution in [0.15, 0.2) is 53.7 Å². The lowest BCUT2D eigenvalue weighted by Gasteiger charge is -2.17. The first kappa shape index (κ1) is 22.2. The van der Waals surface area contributed by atoms with Crippen molar-refractivity contribution in [3.05, 3.63) is 53.6 Å². The number of nitrogens with zero attached hydrogens (tertiary/aromatic N) is 3. The second-order valence-corrected chi connectivity index (χ2v) is 8.62. The molecule has 0 aliphatic rings. The standard InChI is InChI=1S/C22H25ClN4O2S/c1-14(2)15(3)24-20(28)13-30-22-26-25-21(16-6-5-7-19(12-16)29-4)27(22)18-10-8-17(23)9-11-18/h5-12,14-15H,13H2,1-4H3,(H,24,28). The highest BCUT2D eigenvalue weighted by Gasteiger charge is 2.18. The van der Waals surface area contributed by atoms with Gasteiger partial charge in [-0.25, -0.2) is 0 Å². The van der Waals surface area contributed by atoms with E-state index in [4.69, 9.17) is 16.3 Å². The zero-order chi connectivity index (χ0) is 21.7. The summed E-state index contributed by atoms with van der Waals surface area (Å²) in [5.41, 5.74) is 1.72. The van der Waals surface area contributed by atoms with Gasteiger partial charge in [-0.05, 0) is 49.2 Å². The predicted octanol–water partition coefficient (Wildman–Crippen LogP) is 4.85. The fraction of sp³-hybridized carbons (Fsp3) is 0.318. The summed E-state index contributed by atoms with van der Waals surface area (Å²) >= 11 is 7.42. The van der Waals surface area contributed by atoms with Gasteiger partial charge in [-0.15, -0.1) is 10.2 Å². The molecule has 0 saturated carbocycles. The minimum Gasteiger partial charge on any atom is -0.497 e. The van der Waals surface area contributed by atoms with Crippen molar-refractivity contribution in [3.8, 4) is 22.8 Å². The van der Waals surface area contributed by atoms with Gasteiger partial charge < -0.3 is 10.1 Å². The normalized spacial score (nSPS) is 12.1. The second-order valence-electron chi connectivity index (χ2n) is 7.24. The van der Waals surface area contributed by atoms with Crippen molar-refractivity contribution in [3.63, 3.8) is 0 Å². The maximum absolute atomic E-state index is 12.4. The molecule has 1 atom stereocenters. The largest absolute Gasteiger partial charge is 0.497 e. The molecule has 1 heterocycles. The summed E-state index contributed by atoms with van der Waals surface area (Å²) in [5, 5.41) is 13.0. The molecule has 1 unspecified atom stereocenters. The van der Waals surface area contributed by atoms with E-state index >= 15 is 0 Å². The molecule has 6 nitrogen and oxygen atoms in total. The number of halogens is 1. The molecule has 0 bridgehead atoms. The summed E-state index contributed by atoms with van der Waals surface area (Å²) in [4.78, 5) is 12.4. The zero-order valence-corrected chi connectivity index (χ0v) is 19.0. The first-order valence-electron chi connectivity index (χ1n) is 9.67. The van der Waals surface area contributed by atoms with Crippen molar-refractivity contribution in [2.24, 2.45) is 5.92 Å². The number of methoxy groups -OCH3 is 1. The Morgan fingerprint density at radius 2 is 1.90 bits per heavy atom. The highest BCUT2D eigenvalue weighted by molar-refractivity contribution is 7.99. The smallest absolute Gasteiger partial charge is 0.230 e. The highest BCUT2D eigenvalue weighted by Crippen LogP contribution is 2.30. The van der Waals surface area contributed by atoms with Crippen molar-refractivity contribution in [1.29, 1.82) is 0 Å². The molecule has 3 rings (SSSR count). The molecule has 0 saturated heterocycles. The lowest BCUT2D eigenvalue weighted by Crippen LogP contribution is -2.37. The molecular weight excluding hydrogens is 420 g/mol. The quantitative estimate of drug-likeness (QED) is 0.503. The van der Waals surface area contributed by atoms with Crippen LogP contribution in [-0.2, 0) is 4.79 Å². The van der Waals surface area contributed by atoms with Gasteiger partial charge in [0.25, 0.3) is 0 Å². The molecule has 8 heteroatoms. The van der Waals surface area contributed by atoms with Gasteiger partial charge in [-0.3, -0.25) is 9.36 Å². The Morgan fingerprint density at radius 3 is 2.57 bits per heavy atom. The van der Waals surface area contributed by atoms with Crippen molar-refractivity contribution in [2.75, 3.05) is 12.9 Å². The molecule has 3 aromatic rings. The van der Waals surface area contributed by atoms with Crippen LogP contribution in [-0.4, -0.2) is 39.6 Å². The second kappa shape index (κ2) is 10.00. The van der Waals surface area contributed by atoms with Gasteiger partial charge in [0.2, 0.25) is 5.91 Å². The number of ether oxygens (including phenoxy) is 1. The number of rotatable bonds is 8. The number of benzene rings is 2. The van der Waals surface area contributed by atoms with E-state index in [1.807, 2.05) is 60.0 Å². The van der Waals surface area contributed by atoms with E-state index in [-0.39, 0.29) is 17.7 Å². The molecule has 1 N–H and O–H groups in total. The first-order valence-corrected chi connectivity index (χ1v) is 11.0. The van der Waals surface area contributed by atoms with Crippen LogP contribution < -0.4 is 10.1 Å². The summed E-state index contributed by atoms with van der Waals surface area (Å²) in [6.45, 7) is 6.16. The number of thioether (sulfide) groups is 1. The van der Waals surface area contributed by atoms with Gasteiger partial charge in [0.1, 0.15) is 5.75 Å². The lowest BCUT2D eigenvalue weighted by molar-refractivity contribution is -0.119. The van der Waals surface area contributed by atoms with Gasteiger partial charge >= 0.3 is 0 Å². The summed E-state index contributed by atoms with van der Waals surface area (Å²) in [7, 11) is 1.63. The average molecular weight is 445 g/mol. The lowest BCUT2D eigenvalue weighted by atomic mass is 10.1. The monoisotopic (exact) mass is 444 g/mol. The van der Waals surface area contributed by atoms with Crippen molar-refractivity contribution in [1.82, 2.24) is 20.1 Å². The number of aromatic nitrogens is 3. The number of amides is 1. The van der Waals surface area contributed by atoms with E-state index in [1.54, 1.807) is 7.11 Å². The maximum atomic E-state index is 12.4. The van der Waals surface area contributed by atoms with Crippen LogP contribution in [0, 0.1) is 5.92 Å². The third kappa shape index (κ3) is 5.34. The Kier molecular flexibility index (Phi) is 7.39. The van der Waals surface area contributed by atoms with Crippen LogP contribution in [0.4, 0.5) is 0 Å². The molecule has 158 valence electrons. The predicted molar refractivity (Wildman–Crippen MR) is 122 cm³/mol. The van der Waals surface area contributed by atoms with E-state index in [0.717, 1.165) is 17.0 Å². The molecule has 0 aliphatic carbocycles. The summed E-state index contributed by atoms with van der Waals surface area (Å²) in [5.74, 6) is 1.98. The number of hydrogen-bond donors (Lipinski definition) is 1. The summed E-state index contributed by atoms with van der Waals surface area (Å²) < 4.78 is 7.27. The number of carbonyl (C=O) groups is 1. The van der Waals surface area contributed by atoms with Gasteiger partial charge in [0.15, 0.2) is 11.0 Å². The summed E-state index contributed by atoms with van der Waals surface area (Å²) in [6.07, 6.45) is 0. The van der Waals surface area contributed by atoms with Gasteiger partial charge in [0, 0.05) is 22.3 Å². The molecule has 30 heavy (non-hydrogen) atoms. The van der Waals surface area contributed by atoms with Crippen molar-refractivity contribution in [2.45, 2.75) is 32.0 Å². The fourth-order valence-electron chi connectivity index (χ4n) is 2.73. The molecule has 2 aromatic carbocycles. The Hall–Kier alpha value is -2.51.